The minimum absolute atomic E-state index is 0.405. The molecule has 0 radical (unpaired) electrons. The van der Waals surface area contributed by atoms with Crippen molar-refractivity contribution in [3.05, 3.63) is 42.5 Å². The number of anilines is 2. The van der Waals surface area contributed by atoms with Crippen LogP contribution in [0, 0.1) is 0 Å². The smallest absolute Gasteiger partial charge is 0.166 e. The van der Waals surface area contributed by atoms with E-state index in [0.717, 1.165) is 71.8 Å². The van der Waals surface area contributed by atoms with E-state index in [-0.39, 0.29) is 0 Å². The lowest BCUT2D eigenvalue weighted by molar-refractivity contribution is 0.360. The molecule has 4 aromatic rings. The Morgan fingerprint density at radius 2 is 1.81 bits per heavy atom. The summed E-state index contributed by atoms with van der Waals surface area (Å²) in [7, 11) is 2.18. The van der Waals surface area contributed by atoms with Crippen LogP contribution in [0.4, 0.5) is 16.0 Å². The Morgan fingerprint density at radius 1 is 0.903 bits per heavy atom. The van der Waals surface area contributed by atoms with Crippen LogP contribution in [0.5, 0.6) is 0 Å². The zero-order chi connectivity index (χ0) is 20.9. The first-order valence-corrected chi connectivity index (χ1v) is 11.2. The number of halogens is 1. The summed E-state index contributed by atoms with van der Waals surface area (Å²) >= 11 is 0. The molecule has 1 aromatic carbocycles. The molecule has 7 heteroatoms. The number of alkyl halides is 1. The molecule has 0 bridgehead atoms. The monoisotopic (exact) mass is 418 g/mol. The van der Waals surface area contributed by atoms with Crippen molar-refractivity contribution in [2.24, 2.45) is 0 Å². The number of benzene rings is 1. The fourth-order valence-electron chi connectivity index (χ4n) is 5.00. The highest BCUT2D eigenvalue weighted by molar-refractivity contribution is 5.96. The lowest BCUT2D eigenvalue weighted by Crippen LogP contribution is -2.29. The Bertz CT molecular complexity index is 1270. The third kappa shape index (κ3) is 3.19. The molecule has 2 aliphatic rings. The lowest BCUT2D eigenvalue weighted by Gasteiger charge is -2.23. The molecule has 0 saturated carbocycles. The molecule has 6 rings (SSSR count). The van der Waals surface area contributed by atoms with Gasteiger partial charge in [0.15, 0.2) is 11.5 Å². The van der Waals surface area contributed by atoms with Crippen molar-refractivity contribution in [3.63, 3.8) is 0 Å². The van der Waals surface area contributed by atoms with Gasteiger partial charge >= 0.3 is 0 Å². The van der Waals surface area contributed by atoms with Crippen LogP contribution in [0.2, 0.25) is 0 Å². The summed E-state index contributed by atoms with van der Waals surface area (Å²) in [5, 5.41) is 1.15. The highest BCUT2D eigenvalue weighted by Gasteiger charge is 2.26. The minimum atomic E-state index is -0.788. The zero-order valence-corrected chi connectivity index (χ0v) is 17.8. The average molecular weight is 419 g/mol. The first-order chi connectivity index (χ1) is 15.2. The molecule has 6 nitrogen and oxygen atoms in total. The molecule has 2 saturated heterocycles. The van der Waals surface area contributed by atoms with E-state index in [1.54, 1.807) is 0 Å². The highest BCUT2D eigenvalue weighted by atomic mass is 19.1. The quantitative estimate of drug-likeness (QED) is 0.496. The number of likely N-dealkylation sites (N-methyl/N-ethyl adjacent to an activating group) is 1. The number of para-hydroxylation sites is 1. The average Bonchev–Trinajstić information content (AvgIpc) is 3.32. The molecule has 0 N–H and O–H groups in total. The van der Waals surface area contributed by atoms with Crippen molar-refractivity contribution in [1.29, 1.82) is 0 Å². The zero-order valence-electron chi connectivity index (χ0n) is 17.8. The summed E-state index contributed by atoms with van der Waals surface area (Å²) in [5.74, 6) is 1.86. The molecule has 5 heterocycles. The predicted molar refractivity (Wildman–Crippen MR) is 124 cm³/mol. The van der Waals surface area contributed by atoms with E-state index < -0.39 is 6.17 Å². The van der Waals surface area contributed by atoms with Gasteiger partial charge in [0.05, 0.1) is 17.6 Å². The third-order valence-electron chi connectivity index (χ3n) is 6.69. The first kappa shape index (κ1) is 18.8. The molecule has 3 aromatic heterocycles. The van der Waals surface area contributed by atoms with Crippen LogP contribution < -0.4 is 9.80 Å². The second-order valence-electron chi connectivity index (χ2n) is 8.85. The number of hydrogen-bond acceptors (Lipinski definition) is 5. The molecule has 160 valence electrons. The van der Waals surface area contributed by atoms with Gasteiger partial charge in [-0.1, -0.05) is 18.2 Å². The summed E-state index contributed by atoms with van der Waals surface area (Å²) in [6, 6.07) is 14.7. The van der Waals surface area contributed by atoms with E-state index in [9.17, 15) is 4.39 Å². The number of nitrogens with zero attached hydrogens (tertiary/aromatic N) is 6. The Kier molecular flexibility index (Phi) is 4.45. The molecular formula is C24H27FN6. The van der Waals surface area contributed by atoms with Crippen LogP contribution in [0.3, 0.4) is 0 Å². The number of rotatable bonds is 2. The fraction of sp³-hybridized carbons (Fsp3) is 0.417. The van der Waals surface area contributed by atoms with Gasteiger partial charge in [0, 0.05) is 31.6 Å². The van der Waals surface area contributed by atoms with Gasteiger partial charge in [0.2, 0.25) is 0 Å². The number of pyridine rings is 1. The van der Waals surface area contributed by atoms with E-state index in [4.69, 9.17) is 9.97 Å². The molecule has 0 spiro atoms. The van der Waals surface area contributed by atoms with E-state index in [1.165, 1.54) is 0 Å². The Labute approximate surface area is 180 Å². The van der Waals surface area contributed by atoms with Crippen LogP contribution in [-0.4, -0.2) is 71.8 Å². The van der Waals surface area contributed by atoms with E-state index in [2.05, 4.69) is 68.6 Å². The predicted octanol–water partition coefficient (Wildman–Crippen LogP) is 3.73. The van der Waals surface area contributed by atoms with Crippen LogP contribution in [0.25, 0.3) is 27.6 Å². The normalized spacial score (nSPS) is 20.9. The van der Waals surface area contributed by atoms with Crippen LogP contribution in [0.1, 0.15) is 12.8 Å². The third-order valence-corrected chi connectivity index (χ3v) is 6.69. The largest absolute Gasteiger partial charge is 0.355 e. The maximum atomic E-state index is 14.0. The Balaban J connectivity index is 1.56. The van der Waals surface area contributed by atoms with Crippen molar-refractivity contribution in [1.82, 2.24) is 19.3 Å². The molecule has 31 heavy (non-hydrogen) atoms. The molecule has 2 fully saturated rings. The second kappa shape index (κ2) is 7.34. The maximum absolute atomic E-state index is 14.0. The van der Waals surface area contributed by atoms with Gasteiger partial charge in [0.25, 0.3) is 0 Å². The number of aromatic nitrogens is 3. The highest BCUT2D eigenvalue weighted by Crippen LogP contribution is 2.33. The minimum Gasteiger partial charge on any atom is -0.355 e. The SMILES string of the molecule is CN1CCCN(c2ccc3nc(N4CC[C@H](F)C4)c4cc5ccccc5n4c3n2)CC1. The van der Waals surface area contributed by atoms with Crippen molar-refractivity contribution in [2.75, 3.05) is 56.1 Å². The van der Waals surface area contributed by atoms with Crippen LogP contribution in [-0.2, 0) is 0 Å². The van der Waals surface area contributed by atoms with Gasteiger partial charge in [-0.15, -0.1) is 0 Å². The van der Waals surface area contributed by atoms with Crippen molar-refractivity contribution in [3.8, 4) is 0 Å². The van der Waals surface area contributed by atoms with Gasteiger partial charge in [-0.2, -0.15) is 0 Å². The molecule has 0 aliphatic carbocycles. The van der Waals surface area contributed by atoms with Crippen molar-refractivity contribution >= 4 is 39.2 Å². The first-order valence-electron chi connectivity index (χ1n) is 11.2. The summed E-state index contributed by atoms with van der Waals surface area (Å²) in [6.07, 6.45) is 0.907. The lowest BCUT2D eigenvalue weighted by atomic mass is 10.2. The van der Waals surface area contributed by atoms with Crippen LogP contribution in [0.15, 0.2) is 42.5 Å². The summed E-state index contributed by atoms with van der Waals surface area (Å²) < 4.78 is 16.2. The van der Waals surface area contributed by atoms with Gasteiger partial charge in [-0.3, -0.25) is 4.40 Å². The topological polar surface area (TPSA) is 39.9 Å². The van der Waals surface area contributed by atoms with Gasteiger partial charge < -0.3 is 14.7 Å². The molecule has 2 aliphatic heterocycles. The summed E-state index contributed by atoms with van der Waals surface area (Å²) in [5.41, 5.74) is 3.83. The Hall–Kier alpha value is -2.93. The van der Waals surface area contributed by atoms with Crippen molar-refractivity contribution in [2.45, 2.75) is 19.0 Å². The van der Waals surface area contributed by atoms with Crippen LogP contribution >= 0.6 is 0 Å². The van der Waals surface area contributed by atoms with Gasteiger partial charge in [0.1, 0.15) is 17.5 Å². The summed E-state index contributed by atoms with van der Waals surface area (Å²) in [6.45, 7) is 5.24. The molecule has 1 atom stereocenters. The number of hydrogen-bond donors (Lipinski definition) is 0. The summed E-state index contributed by atoms with van der Waals surface area (Å²) in [4.78, 5) is 16.9. The standard InChI is InChI=1S/C24H27FN6/c1-28-10-4-11-29(14-13-28)22-8-7-19-23(27-22)31-20-6-3-2-5-17(20)15-21(31)24(26-19)30-12-9-18(25)16-30/h2-3,5-8,15,18H,4,9-14,16H2,1H3/t18-/m0/s1. The van der Waals surface area contributed by atoms with Crippen molar-refractivity contribution < 1.29 is 4.39 Å². The van der Waals surface area contributed by atoms with Gasteiger partial charge in [-0.25, -0.2) is 14.4 Å². The van der Waals surface area contributed by atoms with E-state index in [1.807, 2.05) is 0 Å². The fourth-order valence-corrected chi connectivity index (χ4v) is 5.00. The molecular weight excluding hydrogens is 391 g/mol. The molecule has 0 amide bonds. The number of fused-ring (bicyclic) bond motifs is 5. The van der Waals surface area contributed by atoms with E-state index in [0.29, 0.717) is 19.5 Å². The Morgan fingerprint density at radius 3 is 2.68 bits per heavy atom. The maximum Gasteiger partial charge on any atom is 0.166 e. The van der Waals surface area contributed by atoms with E-state index >= 15 is 0 Å². The van der Waals surface area contributed by atoms with Gasteiger partial charge in [-0.05, 0) is 50.7 Å². The molecule has 0 unspecified atom stereocenters. The second-order valence-corrected chi connectivity index (χ2v) is 8.85.